The Morgan fingerprint density at radius 2 is 2.00 bits per heavy atom. The molecule has 2 aromatic rings. The third-order valence-electron chi connectivity index (χ3n) is 3.62. The molecule has 1 aromatic heterocycles. The minimum atomic E-state index is -0.463. The Hall–Kier alpha value is -2.03. The van der Waals surface area contributed by atoms with Crippen LogP contribution in [0, 0.1) is 0 Å². The van der Waals surface area contributed by atoms with E-state index in [4.69, 9.17) is 0 Å². The first kappa shape index (κ1) is 13.4. The molecule has 2 rings (SSSR count). The number of pyridine rings is 1. The van der Waals surface area contributed by atoms with Crippen LogP contribution < -0.4 is 5.56 Å². The van der Waals surface area contributed by atoms with E-state index < -0.39 is 5.41 Å². The number of rotatable bonds is 3. The van der Waals surface area contributed by atoms with Gasteiger partial charge in [0.2, 0.25) is 0 Å². The average molecular weight is 257 g/mol. The van der Waals surface area contributed by atoms with Crippen molar-refractivity contribution in [3.8, 4) is 5.75 Å². The fourth-order valence-corrected chi connectivity index (χ4v) is 2.46. The smallest absolute Gasteiger partial charge is 0.293 e. The van der Waals surface area contributed by atoms with Gasteiger partial charge >= 0.3 is 0 Å². The molecule has 1 N–H and O–H groups in total. The molecule has 1 heterocycles. The quantitative estimate of drug-likeness (QED) is 0.858. The Bertz CT molecular complexity index is 696. The second kappa shape index (κ2) is 4.57. The summed E-state index contributed by atoms with van der Waals surface area (Å²) in [5.74, 6) is -0.176. The summed E-state index contributed by atoms with van der Waals surface area (Å²) in [7, 11) is 0. The van der Waals surface area contributed by atoms with Crippen LogP contribution in [0.1, 0.15) is 26.3 Å². The van der Waals surface area contributed by atoms with Crippen LogP contribution >= 0.6 is 0 Å². The molecule has 0 fully saturated rings. The molecule has 0 aliphatic carbocycles. The molecule has 0 bridgehead atoms. The maximum Gasteiger partial charge on any atom is 0.293 e. The van der Waals surface area contributed by atoms with Crippen LogP contribution in [0.25, 0.3) is 10.9 Å². The van der Waals surface area contributed by atoms with Gasteiger partial charge in [-0.05, 0) is 13.0 Å². The number of benzene rings is 1. The highest BCUT2D eigenvalue weighted by atomic mass is 16.3. The van der Waals surface area contributed by atoms with Crippen LogP contribution in [0.3, 0.4) is 0 Å². The Balaban J connectivity index is 3.05. The Kier molecular flexibility index (Phi) is 3.23. The second-order valence-electron chi connectivity index (χ2n) is 5.22. The summed E-state index contributed by atoms with van der Waals surface area (Å²) in [6.45, 7) is 10.1. The SMILES string of the molecule is C=CC(C)(C)c1c(O)c(=O)n(CC)c2ccccc12. The summed E-state index contributed by atoms with van der Waals surface area (Å²) in [5.41, 5.74) is 0.687. The topological polar surface area (TPSA) is 42.2 Å². The molecule has 0 saturated heterocycles. The first-order chi connectivity index (χ1) is 8.94. The van der Waals surface area contributed by atoms with Crippen molar-refractivity contribution in [1.82, 2.24) is 4.57 Å². The van der Waals surface area contributed by atoms with Crippen molar-refractivity contribution >= 4 is 10.9 Å². The molecule has 0 radical (unpaired) electrons. The molecule has 19 heavy (non-hydrogen) atoms. The van der Waals surface area contributed by atoms with Crippen molar-refractivity contribution in [3.63, 3.8) is 0 Å². The van der Waals surface area contributed by atoms with E-state index in [1.807, 2.05) is 45.0 Å². The molecule has 0 aliphatic heterocycles. The van der Waals surface area contributed by atoms with Crippen molar-refractivity contribution < 1.29 is 5.11 Å². The van der Waals surface area contributed by atoms with E-state index in [1.54, 1.807) is 10.6 Å². The highest BCUT2D eigenvalue weighted by Gasteiger charge is 2.26. The van der Waals surface area contributed by atoms with Crippen molar-refractivity contribution in [2.24, 2.45) is 0 Å². The van der Waals surface area contributed by atoms with Gasteiger partial charge in [-0.3, -0.25) is 4.79 Å². The highest BCUT2D eigenvalue weighted by Crippen LogP contribution is 2.35. The first-order valence-corrected chi connectivity index (χ1v) is 6.42. The van der Waals surface area contributed by atoms with Gasteiger partial charge in [0.15, 0.2) is 5.75 Å². The van der Waals surface area contributed by atoms with E-state index in [1.165, 1.54) is 0 Å². The summed E-state index contributed by atoms with van der Waals surface area (Å²) >= 11 is 0. The number of nitrogens with zero attached hydrogens (tertiary/aromatic N) is 1. The van der Waals surface area contributed by atoms with Crippen LogP contribution in [0.2, 0.25) is 0 Å². The number of hydrogen-bond donors (Lipinski definition) is 1. The molecule has 0 spiro atoms. The predicted molar refractivity (Wildman–Crippen MR) is 78.8 cm³/mol. The average Bonchev–Trinajstić information content (AvgIpc) is 2.40. The lowest BCUT2D eigenvalue weighted by Crippen LogP contribution is -2.25. The second-order valence-corrected chi connectivity index (χ2v) is 5.22. The number of aromatic hydroxyl groups is 1. The molecule has 3 heteroatoms. The zero-order chi connectivity index (χ0) is 14.2. The minimum Gasteiger partial charge on any atom is -0.503 e. The van der Waals surface area contributed by atoms with Crippen LogP contribution in [-0.2, 0) is 12.0 Å². The van der Waals surface area contributed by atoms with E-state index in [2.05, 4.69) is 6.58 Å². The zero-order valence-corrected chi connectivity index (χ0v) is 11.6. The third kappa shape index (κ3) is 1.95. The Labute approximate surface area is 112 Å². The fraction of sp³-hybridized carbons (Fsp3) is 0.312. The predicted octanol–water partition coefficient (Wildman–Crippen LogP) is 3.19. The molecule has 3 nitrogen and oxygen atoms in total. The van der Waals surface area contributed by atoms with E-state index in [9.17, 15) is 9.90 Å². The van der Waals surface area contributed by atoms with Crippen molar-refractivity contribution in [3.05, 3.63) is 52.8 Å². The van der Waals surface area contributed by atoms with E-state index in [0.717, 1.165) is 10.9 Å². The van der Waals surface area contributed by atoms with Gasteiger partial charge in [0, 0.05) is 22.9 Å². The van der Waals surface area contributed by atoms with Crippen molar-refractivity contribution in [2.45, 2.75) is 32.7 Å². The maximum absolute atomic E-state index is 12.3. The van der Waals surface area contributed by atoms with E-state index in [0.29, 0.717) is 12.1 Å². The van der Waals surface area contributed by atoms with E-state index in [-0.39, 0.29) is 11.3 Å². The lowest BCUT2D eigenvalue weighted by atomic mass is 9.82. The van der Waals surface area contributed by atoms with Gasteiger partial charge < -0.3 is 9.67 Å². The number of aromatic nitrogens is 1. The summed E-state index contributed by atoms with van der Waals surface area (Å²) in [5, 5.41) is 11.2. The molecule has 0 aliphatic rings. The Morgan fingerprint density at radius 3 is 2.58 bits per heavy atom. The van der Waals surface area contributed by atoms with Gasteiger partial charge in [0.25, 0.3) is 5.56 Å². The third-order valence-corrected chi connectivity index (χ3v) is 3.62. The molecular weight excluding hydrogens is 238 g/mol. The minimum absolute atomic E-state index is 0.176. The molecule has 1 aromatic carbocycles. The van der Waals surface area contributed by atoms with Gasteiger partial charge in [0.1, 0.15) is 0 Å². The summed E-state index contributed by atoms with van der Waals surface area (Å²) in [6.07, 6.45) is 1.75. The monoisotopic (exact) mass is 257 g/mol. The number of aryl methyl sites for hydroxylation is 1. The molecule has 0 atom stereocenters. The molecule has 0 amide bonds. The zero-order valence-electron chi connectivity index (χ0n) is 11.6. The Morgan fingerprint density at radius 1 is 1.37 bits per heavy atom. The molecule has 0 saturated carbocycles. The lowest BCUT2D eigenvalue weighted by molar-refractivity contribution is 0.442. The number of allylic oxidation sites excluding steroid dienone is 1. The van der Waals surface area contributed by atoms with Crippen molar-refractivity contribution in [2.75, 3.05) is 0 Å². The maximum atomic E-state index is 12.3. The molecular formula is C16H19NO2. The summed E-state index contributed by atoms with van der Waals surface area (Å²) < 4.78 is 1.59. The fourth-order valence-electron chi connectivity index (χ4n) is 2.46. The van der Waals surface area contributed by atoms with Gasteiger partial charge in [-0.1, -0.05) is 38.1 Å². The number of para-hydroxylation sites is 1. The summed E-state index contributed by atoms with van der Waals surface area (Å²) in [6, 6.07) is 7.65. The number of fused-ring (bicyclic) bond motifs is 1. The van der Waals surface area contributed by atoms with Crippen LogP contribution in [-0.4, -0.2) is 9.67 Å². The highest BCUT2D eigenvalue weighted by molar-refractivity contribution is 5.86. The summed E-state index contributed by atoms with van der Waals surface area (Å²) in [4.78, 5) is 12.3. The molecule has 100 valence electrons. The normalized spacial score (nSPS) is 11.7. The van der Waals surface area contributed by atoms with Crippen LogP contribution in [0.5, 0.6) is 5.75 Å². The van der Waals surface area contributed by atoms with Gasteiger partial charge in [-0.25, -0.2) is 0 Å². The van der Waals surface area contributed by atoms with Gasteiger partial charge in [-0.15, -0.1) is 6.58 Å². The molecule has 0 unspecified atom stereocenters. The number of hydrogen-bond acceptors (Lipinski definition) is 2. The van der Waals surface area contributed by atoms with E-state index >= 15 is 0 Å². The van der Waals surface area contributed by atoms with Crippen LogP contribution in [0.15, 0.2) is 41.7 Å². The van der Waals surface area contributed by atoms with Crippen molar-refractivity contribution in [1.29, 1.82) is 0 Å². The standard InChI is InChI=1S/C16H19NO2/c1-5-16(3,4)13-11-9-7-8-10-12(11)17(6-2)15(19)14(13)18/h5,7-10,18H,1,6H2,2-4H3. The largest absolute Gasteiger partial charge is 0.503 e. The first-order valence-electron chi connectivity index (χ1n) is 6.42. The van der Waals surface area contributed by atoms with Gasteiger partial charge in [0.05, 0.1) is 5.52 Å². The van der Waals surface area contributed by atoms with Crippen LogP contribution in [0.4, 0.5) is 0 Å². The van der Waals surface area contributed by atoms with Gasteiger partial charge in [-0.2, -0.15) is 0 Å². The lowest BCUT2D eigenvalue weighted by Gasteiger charge is -2.24.